The van der Waals surface area contributed by atoms with Gasteiger partial charge in [-0.2, -0.15) is 0 Å². The molecule has 0 saturated heterocycles. The van der Waals surface area contributed by atoms with Gasteiger partial charge in [-0.15, -0.1) is 0 Å². The summed E-state index contributed by atoms with van der Waals surface area (Å²) < 4.78 is 0. The molecule has 4 aromatic heterocycles. The second kappa shape index (κ2) is 6.52. The second-order valence-corrected chi connectivity index (χ2v) is 5.42. The fraction of sp³-hybridized carbons (Fsp3) is 0. The summed E-state index contributed by atoms with van der Waals surface area (Å²) in [7, 11) is 0. The molecule has 4 N–H and O–H groups in total. The summed E-state index contributed by atoms with van der Waals surface area (Å²) in [5.41, 5.74) is 15.4. The molecule has 0 unspecified atom stereocenters. The second-order valence-electron chi connectivity index (χ2n) is 5.42. The van der Waals surface area contributed by atoms with Gasteiger partial charge >= 0.3 is 0 Å². The number of nitrogen functional groups attached to an aromatic ring is 2. The van der Waals surface area contributed by atoms with Crippen molar-refractivity contribution in [2.45, 2.75) is 0 Å². The maximum Gasteiger partial charge on any atom is 0.221 e. The van der Waals surface area contributed by atoms with Crippen molar-refractivity contribution in [3.63, 3.8) is 0 Å². The largest absolute Gasteiger partial charge is 0.368 e. The van der Waals surface area contributed by atoms with Crippen LogP contribution in [0.4, 0.5) is 11.9 Å². The number of pyridine rings is 2. The first-order chi connectivity index (χ1) is 12.7. The highest BCUT2D eigenvalue weighted by atomic mass is 15.0. The summed E-state index contributed by atoms with van der Waals surface area (Å²) in [5.74, 6) is 0.249. The normalized spacial score (nSPS) is 10.6. The van der Waals surface area contributed by atoms with Crippen LogP contribution in [-0.4, -0.2) is 29.9 Å². The fourth-order valence-corrected chi connectivity index (χ4v) is 2.49. The van der Waals surface area contributed by atoms with Crippen LogP contribution in [0, 0.1) is 0 Å². The van der Waals surface area contributed by atoms with E-state index in [1.165, 1.54) is 0 Å². The smallest absolute Gasteiger partial charge is 0.221 e. The number of aromatic nitrogens is 6. The first-order valence-corrected chi connectivity index (χ1v) is 7.81. The molecule has 4 aromatic rings. The molecular weight excluding hydrogens is 328 g/mol. The van der Waals surface area contributed by atoms with Crippen LogP contribution in [0.3, 0.4) is 0 Å². The van der Waals surface area contributed by atoms with E-state index in [0.717, 1.165) is 0 Å². The van der Waals surface area contributed by atoms with E-state index >= 15 is 0 Å². The summed E-state index contributed by atoms with van der Waals surface area (Å²) >= 11 is 0. The minimum Gasteiger partial charge on any atom is -0.368 e. The standard InChI is InChI=1S/C18H14N8/c19-17-23-13(11-5-1-3-7-21-11)9-15(25-17)16-10-14(24-18(20)26-16)12-6-2-4-8-22-12/h1-10H,(H2,19,23,25)(H2,20,24,26). The number of hydrogen-bond donors (Lipinski definition) is 2. The average Bonchev–Trinajstić information content (AvgIpc) is 2.68. The fourth-order valence-electron chi connectivity index (χ4n) is 2.49. The first kappa shape index (κ1) is 15.6. The lowest BCUT2D eigenvalue weighted by Gasteiger charge is -2.07. The lowest BCUT2D eigenvalue weighted by Crippen LogP contribution is -2.03. The quantitative estimate of drug-likeness (QED) is 0.579. The van der Waals surface area contributed by atoms with Gasteiger partial charge in [-0.05, 0) is 36.4 Å². The SMILES string of the molecule is Nc1nc(-c2ccccn2)cc(-c2cc(-c3ccccn3)nc(N)n2)n1. The highest BCUT2D eigenvalue weighted by molar-refractivity contribution is 5.69. The van der Waals surface area contributed by atoms with Crippen molar-refractivity contribution in [3.8, 4) is 34.2 Å². The van der Waals surface area contributed by atoms with Gasteiger partial charge in [-0.25, -0.2) is 19.9 Å². The van der Waals surface area contributed by atoms with Gasteiger partial charge in [-0.1, -0.05) is 12.1 Å². The van der Waals surface area contributed by atoms with Gasteiger partial charge in [0.15, 0.2) is 0 Å². The van der Waals surface area contributed by atoms with Gasteiger partial charge in [0.1, 0.15) is 0 Å². The van der Waals surface area contributed by atoms with Crippen LogP contribution in [0.25, 0.3) is 34.2 Å². The summed E-state index contributed by atoms with van der Waals surface area (Å²) in [5, 5.41) is 0. The summed E-state index contributed by atoms with van der Waals surface area (Å²) in [6.45, 7) is 0. The molecule has 4 rings (SSSR count). The number of hydrogen-bond acceptors (Lipinski definition) is 8. The van der Waals surface area contributed by atoms with Crippen molar-refractivity contribution in [3.05, 3.63) is 60.9 Å². The monoisotopic (exact) mass is 342 g/mol. The molecular formula is C18H14N8. The zero-order chi connectivity index (χ0) is 17.9. The minimum absolute atomic E-state index is 0.125. The molecule has 8 heteroatoms. The van der Waals surface area contributed by atoms with Crippen LogP contribution < -0.4 is 11.5 Å². The van der Waals surface area contributed by atoms with E-state index in [0.29, 0.717) is 34.2 Å². The highest BCUT2D eigenvalue weighted by Crippen LogP contribution is 2.25. The zero-order valence-electron chi connectivity index (χ0n) is 13.6. The van der Waals surface area contributed by atoms with E-state index in [-0.39, 0.29) is 11.9 Å². The van der Waals surface area contributed by atoms with E-state index in [1.54, 1.807) is 24.5 Å². The number of anilines is 2. The molecule has 0 aliphatic rings. The predicted octanol–water partition coefficient (Wildman–Crippen LogP) is 2.22. The van der Waals surface area contributed by atoms with Crippen molar-refractivity contribution >= 4 is 11.9 Å². The third-order valence-electron chi connectivity index (χ3n) is 3.60. The maximum absolute atomic E-state index is 5.88. The van der Waals surface area contributed by atoms with Gasteiger partial charge in [0.2, 0.25) is 11.9 Å². The zero-order valence-corrected chi connectivity index (χ0v) is 13.6. The Morgan fingerprint density at radius 3 is 1.23 bits per heavy atom. The topological polar surface area (TPSA) is 129 Å². The summed E-state index contributed by atoms with van der Waals surface area (Å²) in [6.07, 6.45) is 3.38. The number of nitrogens with two attached hydrogens (primary N) is 2. The van der Waals surface area contributed by atoms with Crippen LogP contribution in [0.2, 0.25) is 0 Å². The number of nitrogens with zero attached hydrogens (tertiary/aromatic N) is 6. The molecule has 0 aliphatic heterocycles. The predicted molar refractivity (Wildman–Crippen MR) is 98.3 cm³/mol. The molecule has 0 spiro atoms. The molecule has 4 heterocycles. The molecule has 0 radical (unpaired) electrons. The molecule has 0 aliphatic carbocycles. The summed E-state index contributed by atoms with van der Waals surface area (Å²) in [6, 6.07) is 14.6. The van der Waals surface area contributed by atoms with E-state index in [2.05, 4.69) is 29.9 Å². The molecule has 0 fully saturated rings. The molecule has 8 nitrogen and oxygen atoms in total. The van der Waals surface area contributed by atoms with Crippen molar-refractivity contribution < 1.29 is 0 Å². The van der Waals surface area contributed by atoms with Gasteiger partial charge in [0.25, 0.3) is 0 Å². The Labute approximate surface area is 149 Å². The lowest BCUT2D eigenvalue weighted by molar-refractivity contribution is 1.13. The highest BCUT2D eigenvalue weighted by Gasteiger charge is 2.12. The molecule has 0 saturated carbocycles. The Kier molecular flexibility index (Phi) is 3.91. The van der Waals surface area contributed by atoms with Crippen LogP contribution in [0.15, 0.2) is 60.9 Å². The first-order valence-electron chi connectivity index (χ1n) is 7.81. The molecule has 0 aromatic carbocycles. The summed E-state index contributed by atoms with van der Waals surface area (Å²) in [4.78, 5) is 25.6. The van der Waals surface area contributed by atoms with Gasteiger partial charge in [0, 0.05) is 12.4 Å². The maximum atomic E-state index is 5.88. The van der Waals surface area contributed by atoms with Gasteiger partial charge in [0.05, 0.1) is 34.2 Å². The molecule has 26 heavy (non-hydrogen) atoms. The lowest BCUT2D eigenvalue weighted by atomic mass is 10.1. The average molecular weight is 342 g/mol. The molecule has 0 bridgehead atoms. The Hall–Kier alpha value is -3.94. The van der Waals surface area contributed by atoms with E-state index < -0.39 is 0 Å². The molecule has 126 valence electrons. The van der Waals surface area contributed by atoms with Crippen molar-refractivity contribution in [1.82, 2.24) is 29.9 Å². The van der Waals surface area contributed by atoms with Crippen molar-refractivity contribution in [2.24, 2.45) is 0 Å². The minimum atomic E-state index is 0.125. The number of rotatable bonds is 3. The third kappa shape index (κ3) is 3.16. The van der Waals surface area contributed by atoms with Crippen molar-refractivity contribution in [2.75, 3.05) is 11.5 Å². The van der Waals surface area contributed by atoms with Crippen molar-refractivity contribution in [1.29, 1.82) is 0 Å². The van der Waals surface area contributed by atoms with Gasteiger partial charge in [-0.3, -0.25) is 9.97 Å². The van der Waals surface area contributed by atoms with Gasteiger partial charge < -0.3 is 11.5 Å². The van der Waals surface area contributed by atoms with Crippen LogP contribution >= 0.6 is 0 Å². The Morgan fingerprint density at radius 1 is 0.500 bits per heavy atom. The third-order valence-corrected chi connectivity index (χ3v) is 3.60. The van der Waals surface area contributed by atoms with Crippen LogP contribution in [0.1, 0.15) is 0 Å². The Balaban J connectivity index is 1.83. The molecule has 0 atom stereocenters. The molecule has 0 amide bonds. The van der Waals surface area contributed by atoms with Crippen LogP contribution in [-0.2, 0) is 0 Å². The van der Waals surface area contributed by atoms with E-state index in [1.807, 2.05) is 36.4 Å². The Morgan fingerprint density at radius 2 is 0.885 bits per heavy atom. The van der Waals surface area contributed by atoms with E-state index in [4.69, 9.17) is 11.5 Å². The van der Waals surface area contributed by atoms with Crippen LogP contribution in [0.5, 0.6) is 0 Å². The Bertz CT molecular complexity index is 964. The van der Waals surface area contributed by atoms with E-state index in [9.17, 15) is 0 Å².